The van der Waals surface area contributed by atoms with Gasteiger partial charge in [-0.2, -0.15) is 0 Å². The summed E-state index contributed by atoms with van der Waals surface area (Å²) in [6.45, 7) is 2.45. The molecule has 0 aliphatic carbocycles. The molecule has 6 aromatic rings. The van der Waals surface area contributed by atoms with Crippen molar-refractivity contribution >= 4 is 56.7 Å². The molecule has 10 heteroatoms. The van der Waals surface area contributed by atoms with E-state index in [1.807, 2.05) is 90.4 Å². The Bertz CT molecular complexity index is 1820. The number of H-pyrrole nitrogens is 1. The first kappa shape index (κ1) is 23.7. The lowest BCUT2D eigenvalue weighted by molar-refractivity contribution is 0.339. The predicted octanol–water partition coefficient (Wildman–Crippen LogP) is 6.53. The van der Waals surface area contributed by atoms with Gasteiger partial charge in [0.25, 0.3) is 5.56 Å². The largest absolute Gasteiger partial charge is 0.492 e. The summed E-state index contributed by atoms with van der Waals surface area (Å²) in [6.07, 6.45) is 0. The summed E-state index contributed by atoms with van der Waals surface area (Å²) in [6, 6.07) is 25.1. The van der Waals surface area contributed by atoms with Gasteiger partial charge in [-0.1, -0.05) is 65.6 Å². The van der Waals surface area contributed by atoms with Gasteiger partial charge in [0.15, 0.2) is 14.8 Å². The van der Waals surface area contributed by atoms with E-state index in [-0.39, 0.29) is 5.56 Å². The topological polar surface area (TPSA) is 77.7 Å². The van der Waals surface area contributed by atoms with Crippen molar-refractivity contribution in [3.05, 3.63) is 99.0 Å². The predicted molar refractivity (Wildman–Crippen MR) is 152 cm³/mol. The number of thioether (sulfide) groups is 1. The number of hydrogen-bond acceptors (Lipinski definition) is 7. The lowest BCUT2D eigenvalue weighted by Crippen LogP contribution is -2.21. The zero-order valence-corrected chi connectivity index (χ0v) is 22.2. The molecular weight excluding hydrogens is 523 g/mol. The fourth-order valence-corrected chi connectivity index (χ4v) is 6.34. The van der Waals surface area contributed by atoms with E-state index < -0.39 is 0 Å². The molecule has 7 nitrogen and oxygen atoms in total. The van der Waals surface area contributed by atoms with Crippen molar-refractivity contribution in [3.63, 3.8) is 0 Å². The molecule has 0 unspecified atom stereocenters. The minimum absolute atomic E-state index is 0.160. The number of aromatic nitrogens is 5. The summed E-state index contributed by atoms with van der Waals surface area (Å²) in [5, 5.41) is 0.555. The first-order chi connectivity index (χ1) is 18.1. The maximum absolute atomic E-state index is 13.9. The SMILES string of the molecule is CCOc1ccccc1-n1c(=S)sc2c(=O)n(-c3ccccc3)c(SCc3nc4ccccc4[nH]3)nc21. The van der Waals surface area contributed by atoms with Crippen LogP contribution in [0.5, 0.6) is 5.75 Å². The molecular formula is C27H21N5O2S3. The Morgan fingerprint density at radius 1 is 0.973 bits per heavy atom. The number of ether oxygens (including phenoxy) is 1. The van der Waals surface area contributed by atoms with E-state index in [0.717, 1.165) is 28.2 Å². The third kappa shape index (κ3) is 4.37. The maximum Gasteiger partial charge on any atom is 0.278 e. The van der Waals surface area contributed by atoms with Gasteiger partial charge in [-0.05, 0) is 55.5 Å². The van der Waals surface area contributed by atoms with Crippen molar-refractivity contribution in [1.82, 2.24) is 24.1 Å². The second kappa shape index (κ2) is 9.97. The van der Waals surface area contributed by atoms with Gasteiger partial charge in [0, 0.05) is 0 Å². The van der Waals surface area contributed by atoms with Crippen molar-refractivity contribution in [3.8, 4) is 17.1 Å². The van der Waals surface area contributed by atoms with Crippen LogP contribution in [0.15, 0.2) is 88.8 Å². The molecule has 0 aliphatic heterocycles. The quantitative estimate of drug-likeness (QED) is 0.140. The fraction of sp³-hybridized carbons (Fsp3) is 0.111. The van der Waals surface area contributed by atoms with Crippen molar-refractivity contribution < 1.29 is 4.74 Å². The normalized spacial score (nSPS) is 11.4. The third-order valence-electron chi connectivity index (χ3n) is 5.77. The van der Waals surface area contributed by atoms with Gasteiger partial charge >= 0.3 is 0 Å². The highest BCUT2D eigenvalue weighted by Crippen LogP contribution is 2.32. The van der Waals surface area contributed by atoms with Crippen LogP contribution in [-0.4, -0.2) is 30.7 Å². The Kier molecular flexibility index (Phi) is 6.37. The Hall–Kier alpha value is -3.73. The van der Waals surface area contributed by atoms with Gasteiger partial charge in [0.2, 0.25) is 0 Å². The van der Waals surface area contributed by atoms with E-state index in [0.29, 0.717) is 37.6 Å². The van der Waals surface area contributed by atoms with E-state index in [4.69, 9.17) is 21.9 Å². The third-order valence-corrected chi connectivity index (χ3v) is 8.07. The molecule has 0 spiro atoms. The van der Waals surface area contributed by atoms with Crippen molar-refractivity contribution in [2.45, 2.75) is 17.8 Å². The van der Waals surface area contributed by atoms with Gasteiger partial charge in [0.1, 0.15) is 16.3 Å². The smallest absolute Gasteiger partial charge is 0.278 e. The van der Waals surface area contributed by atoms with Crippen LogP contribution in [0.3, 0.4) is 0 Å². The zero-order chi connectivity index (χ0) is 25.4. The zero-order valence-electron chi connectivity index (χ0n) is 19.7. The average Bonchev–Trinajstić information content (AvgIpc) is 3.49. The van der Waals surface area contributed by atoms with Gasteiger partial charge in [-0.3, -0.25) is 13.9 Å². The standard InChI is InChI=1S/C27H21N5O2S3/c1-2-34-21-15-9-8-14-20(21)32-24-23(37-27(32)35)25(33)31(17-10-4-3-5-11-17)26(30-24)36-16-22-28-18-12-6-7-13-19(18)29-22/h3-15H,2,16H2,1H3,(H,28,29). The van der Waals surface area contributed by atoms with Crippen LogP contribution in [0.1, 0.15) is 12.7 Å². The minimum Gasteiger partial charge on any atom is -0.492 e. The van der Waals surface area contributed by atoms with E-state index in [2.05, 4.69) is 9.97 Å². The average molecular weight is 544 g/mol. The molecule has 3 aromatic heterocycles. The molecule has 0 bridgehead atoms. The highest BCUT2D eigenvalue weighted by Gasteiger charge is 2.21. The van der Waals surface area contributed by atoms with Crippen molar-refractivity contribution in [2.75, 3.05) is 6.61 Å². The lowest BCUT2D eigenvalue weighted by atomic mass is 10.3. The Morgan fingerprint density at radius 3 is 2.54 bits per heavy atom. The molecule has 0 saturated carbocycles. The lowest BCUT2D eigenvalue weighted by Gasteiger charge is -2.14. The molecule has 1 N–H and O–H groups in total. The molecule has 3 heterocycles. The second-order valence-electron chi connectivity index (χ2n) is 8.12. The molecule has 0 fully saturated rings. The Morgan fingerprint density at radius 2 is 1.73 bits per heavy atom. The maximum atomic E-state index is 13.9. The molecule has 0 saturated heterocycles. The summed E-state index contributed by atoms with van der Waals surface area (Å²) in [7, 11) is 0. The molecule has 0 radical (unpaired) electrons. The van der Waals surface area contributed by atoms with E-state index >= 15 is 0 Å². The van der Waals surface area contributed by atoms with E-state index in [1.165, 1.54) is 23.1 Å². The van der Waals surface area contributed by atoms with Gasteiger partial charge in [-0.25, -0.2) is 9.97 Å². The van der Waals surface area contributed by atoms with Crippen molar-refractivity contribution in [2.24, 2.45) is 0 Å². The van der Waals surface area contributed by atoms with Crippen LogP contribution >= 0.6 is 35.3 Å². The number of benzene rings is 3. The Balaban J connectivity index is 1.53. The highest BCUT2D eigenvalue weighted by molar-refractivity contribution is 7.98. The molecule has 6 rings (SSSR count). The highest BCUT2D eigenvalue weighted by atomic mass is 32.2. The number of nitrogens with zero attached hydrogens (tertiary/aromatic N) is 4. The molecule has 0 amide bonds. The summed E-state index contributed by atoms with van der Waals surface area (Å²) in [5.41, 5.74) is 3.74. The van der Waals surface area contributed by atoms with Crippen LogP contribution in [0.4, 0.5) is 0 Å². The minimum atomic E-state index is -0.160. The van der Waals surface area contributed by atoms with Gasteiger partial charge in [-0.15, -0.1) is 0 Å². The number of para-hydroxylation sites is 5. The molecule has 3 aromatic carbocycles. The van der Waals surface area contributed by atoms with E-state index in [9.17, 15) is 4.79 Å². The summed E-state index contributed by atoms with van der Waals surface area (Å²) in [5.74, 6) is 2.01. The number of thiazole rings is 1. The summed E-state index contributed by atoms with van der Waals surface area (Å²) >= 11 is 8.45. The van der Waals surface area contributed by atoms with Crippen LogP contribution < -0.4 is 10.3 Å². The van der Waals surface area contributed by atoms with Crippen LogP contribution in [0.2, 0.25) is 0 Å². The first-order valence-electron chi connectivity index (χ1n) is 11.7. The number of aromatic amines is 1. The van der Waals surface area contributed by atoms with E-state index in [1.54, 1.807) is 4.57 Å². The van der Waals surface area contributed by atoms with Crippen molar-refractivity contribution in [1.29, 1.82) is 0 Å². The summed E-state index contributed by atoms with van der Waals surface area (Å²) in [4.78, 5) is 27.0. The molecule has 0 atom stereocenters. The van der Waals surface area contributed by atoms with Gasteiger partial charge in [0.05, 0.1) is 34.8 Å². The van der Waals surface area contributed by atoms with Gasteiger partial charge < -0.3 is 9.72 Å². The molecule has 0 aliphatic rings. The number of fused-ring (bicyclic) bond motifs is 2. The fourth-order valence-electron chi connectivity index (χ4n) is 4.18. The number of rotatable bonds is 7. The van der Waals surface area contributed by atoms with Crippen LogP contribution in [0, 0.1) is 3.95 Å². The molecule has 37 heavy (non-hydrogen) atoms. The van der Waals surface area contributed by atoms with Crippen LogP contribution in [0.25, 0.3) is 32.8 Å². The monoisotopic (exact) mass is 543 g/mol. The van der Waals surface area contributed by atoms with Crippen LogP contribution in [-0.2, 0) is 5.75 Å². The number of hydrogen-bond donors (Lipinski definition) is 1. The Labute approximate surface area is 225 Å². The summed E-state index contributed by atoms with van der Waals surface area (Å²) < 4.78 is 10.4. The molecule has 184 valence electrons. The number of imidazole rings is 1. The number of nitrogens with one attached hydrogen (secondary N) is 1. The first-order valence-corrected chi connectivity index (χ1v) is 13.9. The second-order valence-corrected chi connectivity index (χ2v) is 10.7.